The second kappa shape index (κ2) is 4.36. The van der Waals surface area contributed by atoms with Crippen LogP contribution >= 0.6 is 0 Å². The molecule has 1 atom stereocenters. The Bertz CT molecular complexity index is 210. The van der Waals surface area contributed by atoms with Gasteiger partial charge in [0.2, 0.25) is 0 Å². The molecule has 0 amide bonds. The van der Waals surface area contributed by atoms with Crippen molar-refractivity contribution >= 4 is 0 Å². The molecule has 0 fully saturated rings. The highest BCUT2D eigenvalue weighted by Crippen LogP contribution is 1.91. The summed E-state index contributed by atoms with van der Waals surface area (Å²) in [4.78, 5) is 3.04. The van der Waals surface area contributed by atoms with Crippen molar-refractivity contribution in [3.63, 3.8) is 0 Å². The summed E-state index contributed by atoms with van der Waals surface area (Å²) in [6, 6.07) is 0. The molecule has 4 heteroatoms. The Morgan fingerprint density at radius 2 is 2.36 bits per heavy atom. The van der Waals surface area contributed by atoms with Gasteiger partial charge in [0.05, 0.1) is 19.6 Å². The smallest absolute Gasteiger partial charge is 0.256 e. The lowest BCUT2D eigenvalue weighted by atomic mass is 10.3. The summed E-state index contributed by atoms with van der Waals surface area (Å²) in [5.74, 6) is 1.05. The summed E-state index contributed by atoms with van der Waals surface area (Å²) >= 11 is 0. The van der Waals surface area contributed by atoms with E-state index < -0.39 is 0 Å². The first-order chi connectivity index (χ1) is 4.70. The average molecular weight is 177 g/mol. The van der Waals surface area contributed by atoms with E-state index >= 15 is 0 Å². The number of imidazole rings is 1. The van der Waals surface area contributed by atoms with Crippen molar-refractivity contribution in [1.82, 2.24) is 4.98 Å². The maximum atomic E-state index is 9.02. The van der Waals surface area contributed by atoms with Gasteiger partial charge in [-0.2, -0.15) is 0 Å². The summed E-state index contributed by atoms with van der Waals surface area (Å²) in [6.45, 7) is 1.78. The number of nitrogens with zero attached hydrogens (tertiary/aromatic N) is 1. The molecule has 0 aliphatic carbocycles. The van der Waals surface area contributed by atoms with Gasteiger partial charge in [0, 0.05) is 0 Å². The van der Waals surface area contributed by atoms with Gasteiger partial charge in [-0.25, -0.2) is 9.55 Å². The molecule has 1 unspecified atom stereocenters. The minimum Gasteiger partial charge on any atom is -1.00 e. The van der Waals surface area contributed by atoms with E-state index in [2.05, 4.69) is 4.98 Å². The van der Waals surface area contributed by atoms with Crippen LogP contribution in [0.5, 0.6) is 0 Å². The standard InChI is InChI=1S/C7H12N2O.ClH/c1-6(10)5-7-8-3-4-9(7)2;/h3-4,6,10H,5H2,1-2H3;1H. The SMILES string of the molecule is CC(O)Cc1[nH]cc[n+]1C.[Cl-]. The molecular formula is C7H13ClN2O. The van der Waals surface area contributed by atoms with Crippen molar-refractivity contribution in [2.24, 2.45) is 7.05 Å². The molecule has 64 valence electrons. The molecular weight excluding hydrogens is 164 g/mol. The highest BCUT2D eigenvalue weighted by molar-refractivity contribution is 4.78. The number of hydrogen-bond acceptors (Lipinski definition) is 1. The van der Waals surface area contributed by atoms with Gasteiger partial charge < -0.3 is 17.5 Å². The maximum Gasteiger partial charge on any atom is 0.256 e. The van der Waals surface area contributed by atoms with Crippen LogP contribution in [0.4, 0.5) is 0 Å². The van der Waals surface area contributed by atoms with Crippen LogP contribution in [0, 0.1) is 0 Å². The van der Waals surface area contributed by atoms with Gasteiger partial charge in [0.25, 0.3) is 5.82 Å². The molecule has 0 aliphatic rings. The zero-order chi connectivity index (χ0) is 7.56. The third-order valence-corrected chi connectivity index (χ3v) is 1.46. The highest BCUT2D eigenvalue weighted by atomic mass is 35.5. The first-order valence-electron chi connectivity index (χ1n) is 3.40. The molecule has 0 saturated carbocycles. The number of aryl methyl sites for hydroxylation is 1. The number of halogens is 1. The zero-order valence-electron chi connectivity index (χ0n) is 6.71. The van der Waals surface area contributed by atoms with Crippen LogP contribution in [-0.2, 0) is 13.5 Å². The molecule has 1 aromatic rings. The van der Waals surface area contributed by atoms with Gasteiger partial charge in [-0.1, -0.05) is 0 Å². The number of H-pyrrole nitrogens is 1. The van der Waals surface area contributed by atoms with E-state index in [1.54, 1.807) is 6.92 Å². The summed E-state index contributed by atoms with van der Waals surface area (Å²) in [5, 5.41) is 9.02. The normalized spacial score (nSPS) is 12.3. The molecule has 1 aromatic heterocycles. The molecule has 0 radical (unpaired) electrons. The fraction of sp³-hybridized carbons (Fsp3) is 0.571. The summed E-state index contributed by atoms with van der Waals surface area (Å²) in [5.41, 5.74) is 0. The van der Waals surface area contributed by atoms with Crippen LogP contribution in [0.25, 0.3) is 0 Å². The van der Waals surface area contributed by atoms with Crippen molar-refractivity contribution in [3.05, 3.63) is 18.2 Å². The fourth-order valence-electron chi connectivity index (χ4n) is 0.920. The molecule has 0 saturated heterocycles. The Labute approximate surface area is 72.5 Å². The molecule has 0 bridgehead atoms. The largest absolute Gasteiger partial charge is 1.00 e. The monoisotopic (exact) mass is 176 g/mol. The lowest BCUT2D eigenvalue weighted by Crippen LogP contribution is -3.00. The van der Waals surface area contributed by atoms with Gasteiger partial charge in [-0.05, 0) is 6.92 Å². The third-order valence-electron chi connectivity index (χ3n) is 1.46. The predicted octanol–water partition coefficient (Wildman–Crippen LogP) is -3.23. The number of rotatable bonds is 2. The number of hydrogen-bond donors (Lipinski definition) is 2. The number of nitrogens with one attached hydrogen (secondary N) is 1. The summed E-state index contributed by atoms with van der Waals surface area (Å²) in [6.07, 6.45) is 4.20. The summed E-state index contributed by atoms with van der Waals surface area (Å²) in [7, 11) is 1.95. The number of aliphatic hydroxyl groups is 1. The Kier molecular flexibility index (Phi) is 4.15. The number of aliphatic hydroxyl groups excluding tert-OH is 1. The van der Waals surface area contributed by atoms with Gasteiger partial charge in [0.1, 0.15) is 12.4 Å². The molecule has 0 aromatic carbocycles. The van der Waals surface area contributed by atoms with Crippen molar-refractivity contribution in [2.75, 3.05) is 0 Å². The van der Waals surface area contributed by atoms with Crippen molar-refractivity contribution in [2.45, 2.75) is 19.4 Å². The lowest BCUT2D eigenvalue weighted by molar-refractivity contribution is -0.678. The highest BCUT2D eigenvalue weighted by Gasteiger charge is 2.08. The third kappa shape index (κ3) is 2.91. The van der Waals surface area contributed by atoms with Crippen LogP contribution in [0.3, 0.4) is 0 Å². The molecule has 2 N–H and O–H groups in total. The van der Waals surface area contributed by atoms with E-state index in [-0.39, 0.29) is 18.5 Å². The average Bonchev–Trinajstić information content (AvgIpc) is 2.15. The number of aromatic amines is 1. The van der Waals surface area contributed by atoms with Crippen LogP contribution < -0.4 is 17.0 Å². The lowest BCUT2D eigenvalue weighted by Gasteiger charge is -1.97. The van der Waals surface area contributed by atoms with E-state index in [4.69, 9.17) is 5.11 Å². The van der Waals surface area contributed by atoms with Crippen LogP contribution in [-0.4, -0.2) is 16.2 Å². The molecule has 1 rings (SSSR count). The Hall–Kier alpha value is -0.540. The Morgan fingerprint density at radius 3 is 2.73 bits per heavy atom. The van der Waals surface area contributed by atoms with Gasteiger partial charge in [0.15, 0.2) is 0 Å². The minimum atomic E-state index is -0.273. The minimum absolute atomic E-state index is 0. The second-order valence-electron chi connectivity index (χ2n) is 2.57. The first kappa shape index (κ1) is 10.5. The molecule has 3 nitrogen and oxygen atoms in total. The van der Waals surface area contributed by atoms with Crippen LogP contribution in [0.1, 0.15) is 12.7 Å². The second-order valence-corrected chi connectivity index (χ2v) is 2.57. The predicted molar refractivity (Wildman–Crippen MR) is 37.4 cm³/mol. The van der Waals surface area contributed by atoms with E-state index in [1.807, 2.05) is 24.0 Å². The van der Waals surface area contributed by atoms with E-state index in [0.29, 0.717) is 6.42 Å². The molecule has 0 spiro atoms. The van der Waals surface area contributed by atoms with E-state index in [0.717, 1.165) is 5.82 Å². The molecule has 11 heavy (non-hydrogen) atoms. The van der Waals surface area contributed by atoms with Gasteiger partial charge >= 0.3 is 0 Å². The molecule has 1 heterocycles. The van der Waals surface area contributed by atoms with Crippen LogP contribution in [0.15, 0.2) is 12.4 Å². The van der Waals surface area contributed by atoms with Gasteiger partial charge in [-0.15, -0.1) is 0 Å². The van der Waals surface area contributed by atoms with Crippen molar-refractivity contribution in [3.8, 4) is 0 Å². The van der Waals surface area contributed by atoms with Crippen LogP contribution in [0.2, 0.25) is 0 Å². The Morgan fingerprint density at radius 1 is 1.73 bits per heavy atom. The molecule has 0 aliphatic heterocycles. The Balaban J connectivity index is 0.000001000. The van der Waals surface area contributed by atoms with Gasteiger partial charge in [-0.3, -0.25) is 0 Å². The zero-order valence-corrected chi connectivity index (χ0v) is 7.47. The number of aromatic nitrogens is 2. The van der Waals surface area contributed by atoms with Crippen molar-refractivity contribution in [1.29, 1.82) is 0 Å². The maximum absolute atomic E-state index is 9.02. The topological polar surface area (TPSA) is 39.9 Å². The quantitative estimate of drug-likeness (QED) is 0.457. The fourth-order valence-corrected chi connectivity index (χ4v) is 0.920. The van der Waals surface area contributed by atoms with E-state index in [1.165, 1.54) is 0 Å². The summed E-state index contributed by atoms with van der Waals surface area (Å²) < 4.78 is 1.96. The van der Waals surface area contributed by atoms with E-state index in [9.17, 15) is 0 Å². The van der Waals surface area contributed by atoms with Crippen molar-refractivity contribution < 1.29 is 22.1 Å². The first-order valence-corrected chi connectivity index (χ1v) is 3.40.